The van der Waals surface area contributed by atoms with Gasteiger partial charge in [0.1, 0.15) is 5.82 Å². The number of halogens is 2. The highest BCUT2D eigenvalue weighted by atomic mass is 35.5. The highest BCUT2D eigenvalue weighted by Gasteiger charge is 2.12. The van der Waals surface area contributed by atoms with Crippen LogP contribution in [0.1, 0.15) is 22.8 Å². The van der Waals surface area contributed by atoms with Crippen molar-refractivity contribution in [3.63, 3.8) is 0 Å². The van der Waals surface area contributed by atoms with Crippen molar-refractivity contribution in [2.24, 2.45) is 0 Å². The van der Waals surface area contributed by atoms with Crippen LogP contribution in [0.25, 0.3) is 0 Å². The highest BCUT2D eigenvalue weighted by Crippen LogP contribution is 2.14. The molecule has 1 rings (SSSR count). The second-order valence-corrected chi connectivity index (χ2v) is 2.92. The summed E-state index contributed by atoms with van der Waals surface area (Å²) in [6, 6.07) is 3.83. The van der Waals surface area contributed by atoms with Crippen molar-refractivity contribution in [1.29, 1.82) is 0 Å². The van der Waals surface area contributed by atoms with Gasteiger partial charge in [-0.1, -0.05) is 0 Å². The molecule has 0 heterocycles. The number of hydrogen-bond donors (Lipinski definition) is 0. The summed E-state index contributed by atoms with van der Waals surface area (Å²) in [6.45, 7) is 2.00. The Morgan fingerprint density at radius 2 is 2.29 bits per heavy atom. The SMILES string of the molecule is CCOC(=O)c1ccc(F)cc1CCl. The van der Waals surface area contributed by atoms with E-state index < -0.39 is 11.8 Å². The summed E-state index contributed by atoms with van der Waals surface area (Å²) in [6.07, 6.45) is 0. The van der Waals surface area contributed by atoms with Gasteiger partial charge in [-0.25, -0.2) is 9.18 Å². The van der Waals surface area contributed by atoms with Gasteiger partial charge in [-0.05, 0) is 30.7 Å². The zero-order chi connectivity index (χ0) is 10.6. The lowest BCUT2D eigenvalue weighted by molar-refractivity contribution is 0.0525. The molecular weight excluding hydrogens is 207 g/mol. The summed E-state index contributed by atoms with van der Waals surface area (Å²) >= 11 is 5.57. The van der Waals surface area contributed by atoms with Crippen LogP contribution < -0.4 is 0 Å². The third-order valence-corrected chi connectivity index (χ3v) is 1.99. The van der Waals surface area contributed by atoms with Gasteiger partial charge >= 0.3 is 5.97 Å². The normalized spacial score (nSPS) is 9.93. The third-order valence-electron chi connectivity index (χ3n) is 1.71. The van der Waals surface area contributed by atoms with Gasteiger partial charge in [-0.3, -0.25) is 0 Å². The number of ether oxygens (including phenoxy) is 1. The zero-order valence-corrected chi connectivity index (χ0v) is 8.47. The molecule has 0 aliphatic rings. The number of carbonyl (C=O) groups is 1. The van der Waals surface area contributed by atoms with Crippen LogP contribution in [0.2, 0.25) is 0 Å². The Balaban J connectivity index is 3.01. The maximum atomic E-state index is 12.8. The van der Waals surface area contributed by atoms with Gasteiger partial charge in [0.05, 0.1) is 12.2 Å². The van der Waals surface area contributed by atoms with Crippen molar-refractivity contribution in [3.05, 3.63) is 35.1 Å². The van der Waals surface area contributed by atoms with Crippen molar-refractivity contribution in [3.8, 4) is 0 Å². The van der Waals surface area contributed by atoms with Crippen molar-refractivity contribution >= 4 is 17.6 Å². The molecule has 0 amide bonds. The minimum absolute atomic E-state index is 0.0892. The Morgan fingerprint density at radius 3 is 2.86 bits per heavy atom. The number of alkyl halides is 1. The number of hydrogen-bond acceptors (Lipinski definition) is 2. The molecule has 0 bridgehead atoms. The van der Waals surface area contributed by atoms with E-state index in [1.165, 1.54) is 18.2 Å². The fourth-order valence-corrected chi connectivity index (χ4v) is 1.30. The molecule has 1 aromatic rings. The van der Waals surface area contributed by atoms with E-state index >= 15 is 0 Å². The summed E-state index contributed by atoms with van der Waals surface area (Å²) in [4.78, 5) is 11.3. The van der Waals surface area contributed by atoms with E-state index in [1.807, 2.05) is 0 Å². The molecule has 0 saturated heterocycles. The summed E-state index contributed by atoms with van der Waals surface area (Å²) in [5.41, 5.74) is 0.772. The van der Waals surface area contributed by atoms with Crippen LogP contribution in [0.5, 0.6) is 0 Å². The van der Waals surface area contributed by atoms with E-state index in [-0.39, 0.29) is 12.5 Å². The van der Waals surface area contributed by atoms with Gasteiger partial charge in [0.25, 0.3) is 0 Å². The standard InChI is InChI=1S/C10H10ClFO2/c1-2-14-10(13)9-4-3-8(12)5-7(9)6-11/h3-5H,2,6H2,1H3. The third kappa shape index (κ3) is 2.45. The fourth-order valence-electron chi connectivity index (χ4n) is 1.08. The van der Waals surface area contributed by atoms with Crippen molar-refractivity contribution in [2.75, 3.05) is 6.61 Å². The summed E-state index contributed by atoms with van der Waals surface area (Å²) in [5.74, 6) is -0.789. The first-order chi connectivity index (χ1) is 6.69. The molecule has 0 aliphatic carbocycles. The number of rotatable bonds is 3. The molecule has 0 aliphatic heterocycles. The topological polar surface area (TPSA) is 26.3 Å². The minimum Gasteiger partial charge on any atom is -0.462 e. The molecule has 4 heteroatoms. The van der Waals surface area contributed by atoms with Gasteiger partial charge < -0.3 is 4.74 Å². The Morgan fingerprint density at radius 1 is 1.57 bits per heavy atom. The van der Waals surface area contributed by atoms with Crippen LogP contribution in [0, 0.1) is 5.82 Å². The second-order valence-electron chi connectivity index (χ2n) is 2.66. The molecule has 76 valence electrons. The second kappa shape index (κ2) is 4.96. The van der Waals surface area contributed by atoms with Crippen LogP contribution in [-0.4, -0.2) is 12.6 Å². The monoisotopic (exact) mass is 216 g/mol. The van der Waals surface area contributed by atoms with E-state index in [9.17, 15) is 9.18 Å². The zero-order valence-electron chi connectivity index (χ0n) is 7.72. The number of esters is 1. The Bertz CT molecular complexity index is 339. The lowest BCUT2D eigenvalue weighted by atomic mass is 10.1. The van der Waals surface area contributed by atoms with E-state index in [1.54, 1.807) is 6.92 Å². The van der Waals surface area contributed by atoms with E-state index in [0.717, 1.165) is 0 Å². The Hall–Kier alpha value is -1.09. The largest absolute Gasteiger partial charge is 0.462 e. The first kappa shape index (κ1) is 11.0. The highest BCUT2D eigenvalue weighted by molar-refractivity contribution is 6.17. The smallest absolute Gasteiger partial charge is 0.338 e. The van der Waals surface area contributed by atoms with Gasteiger partial charge in [0.15, 0.2) is 0 Å². The predicted octanol–water partition coefficient (Wildman–Crippen LogP) is 2.74. The molecule has 0 spiro atoms. The molecular formula is C10H10ClFO2. The number of benzene rings is 1. The van der Waals surface area contributed by atoms with Crippen LogP contribution in [-0.2, 0) is 10.6 Å². The molecule has 0 fully saturated rings. The van der Waals surface area contributed by atoms with Gasteiger partial charge in [-0.15, -0.1) is 11.6 Å². The van der Waals surface area contributed by atoms with Gasteiger partial charge in [0.2, 0.25) is 0 Å². The van der Waals surface area contributed by atoms with E-state index in [0.29, 0.717) is 11.1 Å². The van der Waals surface area contributed by atoms with E-state index in [4.69, 9.17) is 16.3 Å². The fraction of sp³-hybridized carbons (Fsp3) is 0.300. The predicted molar refractivity (Wildman–Crippen MR) is 51.9 cm³/mol. The molecule has 0 aromatic heterocycles. The lowest BCUT2D eigenvalue weighted by Gasteiger charge is -2.05. The summed E-state index contributed by atoms with van der Waals surface area (Å²) in [7, 11) is 0. The van der Waals surface area contributed by atoms with Crippen LogP contribution in [0.4, 0.5) is 4.39 Å². The quantitative estimate of drug-likeness (QED) is 0.574. The number of carbonyl (C=O) groups excluding carboxylic acids is 1. The maximum Gasteiger partial charge on any atom is 0.338 e. The maximum absolute atomic E-state index is 12.8. The van der Waals surface area contributed by atoms with Gasteiger partial charge in [-0.2, -0.15) is 0 Å². The van der Waals surface area contributed by atoms with Crippen molar-refractivity contribution in [1.82, 2.24) is 0 Å². The van der Waals surface area contributed by atoms with Crippen LogP contribution in [0.15, 0.2) is 18.2 Å². The molecule has 0 saturated carbocycles. The molecule has 0 atom stereocenters. The molecule has 0 unspecified atom stereocenters. The average Bonchev–Trinajstić information content (AvgIpc) is 2.17. The average molecular weight is 217 g/mol. The molecule has 1 aromatic carbocycles. The van der Waals surface area contributed by atoms with Gasteiger partial charge in [0, 0.05) is 5.88 Å². The molecule has 0 radical (unpaired) electrons. The van der Waals surface area contributed by atoms with E-state index in [2.05, 4.69) is 0 Å². The molecule has 2 nitrogen and oxygen atoms in total. The first-order valence-electron chi connectivity index (χ1n) is 4.20. The Labute approximate surface area is 86.6 Å². The van der Waals surface area contributed by atoms with Crippen LogP contribution in [0.3, 0.4) is 0 Å². The van der Waals surface area contributed by atoms with Crippen molar-refractivity contribution in [2.45, 2.75) is 12.8 Å². The molecule has 14 heavy (non-hydrogen) atoms. The Kier molecular flexibility index (Phi) is 3.89. The first-order valence-corrected chi connectivity index (χ1v) is 4.74. The summed E-state index contributed by atoms with van der Waals surface area (Å²) < 4.78 is 17.6. The molecule has 0 N–H and O–H groups in total. The minimum atomic E-state index is -0.469. The lowest BCUT2D eigenvalue weighted by Crippen LogP contribution is -2.07. The summed E-state index contributed by atoms with van der Waals surface area (Å²) in [5, 5.41) is 0. The van der Waals surface area contributed by atoms with Crippen LogP contribution >= 0.6 is 11.6 Å². The van der Waals surface area contributed by atoms with Crippen molar-refractivity contribution < 1.29 is 13.9 Å².